The molecule has 128 valence electrons. The minimum absolute atomic E-state index is 0.152. The number of hydrogen-bond donors (Lipinski definition) is 3. The van der Waals surface area contributed by atoms with Crippen LogP contribution >= 0.6 is 0 Å². The maximum absolute atomic E-state index is 11.9. The van der Waals surface area contributed by atoms with E-state index in [-0.39, 0.29) is 12.0 Å². The third-order valence-corrected chi connectivity index (χ3v) is 3.01. The van der Waals surface area contributed by atoms with E-state index in [1.165, 1.54) is 0 Å². The molecule has 1 amide bonds. The minimum atomic E-state index is -0.525. The first-order valence-corrected chi connectivity index (χ1v) is 7.79. The van der Waals surface area contributed by atoms with Crippen LogP contribution in [0.1, 0.15) is 34.6 Å². The highest BCUT2D eigenvalue weighted by atomic mass is 16.6. The van der Waals surface area contributed by atoms with E-state index in [1.807, 2.05) is 65.0 Å². The molecule has 23 heavy (non-hydrogen) atoms. The van der Waals surface area contributed by atoms with Gasteiger partial charge in [-0.25, -0.2) is 4.79 Å². The van der Waals surface area contributed by atoms with Crippen molar-refractivity contribution < 1.29 is 9.53 Å². The van der Waals surface area contributed by atoms with Gasteiger partial charge < -0.3 is 21.1 Å². The second-order valence-electron chi connectivity index (χ2n) is 6.71. The number of nitrogens with zero attached hydrogens (tertiary/aromatic N) is 1. The van der Waals surface area contributed by atoms with Crippen LogP contribution in [-0.4, -0.2) is 30.2 Å². The van der Waals surface area contributed by atoms with Gasteiger partial charge in [-0.05, 0) is 38.8 Å². The number of para-hydroxylation sites is 1. The van der Waals surface area contributed by atoms with Gasteiger partial charge in [-0.1, -0.05) is 32.0 Å². The van der Waals surface area contributed by atoms with Crippen LogP contribution in [0.4, 0.5) is 10.5 Å². The second kappa shape index (κ2) is 8.41. The topological polar surface area (TPSA) is 88.7 Å². The third kappa shape index (κ3) is 8.09. The van der Waals surface area contributed by atoms with Crippen molar-refractivity contribution in [2.45, 2.75) is 46.3 Å². The Bertz CT molecular complexity index is 521. The quantitative estimate of drug-likeness (QED) is 0.575. The van der Waals surface area contributed by atoms with Gasteiger partial charge >= 0.3 is 6.09 Å². The normalized spacial score (nSPS) is 13.6. The van der Waals surface area contributed by atoms with Gasteiger partial charge in [0.1, 0.15) is 5.60 Å². The zero-order valence-electron chi connectivity index (χ0n) is 14.6. The Labute approximate surface area is 138 Å². The average molecular weight is 320 g/mol. The van der Waals surface area contributed by atoms with Crippen LogP contribution in [0.15, 0.2) is 35.3 Å². The number of benzene rings is 1. The fourth-order valence-electron chi connectivity index (χ4n) is 1.79. The predicted molar refractivity (Wildman–Crippen MR) is 94.5 cm³/mol. The summed E-state index contributed by atoms with van der Waals surface area (Å²) in [5, 5.41) is 5.85. The highest BCUT2D eigenvalue weighted by Crippen LogP contribution is 2.09. The lowest BCUT2D eigenvalue weighted by Crippen LogP contribution is -2.44. The van der Waals surface area contributed by atoms with Gasteiger partial charge in [-0.3, -0.25) is 4.99 Å². The molecule has 1 aromatic carbocycles. The van der Waals surface area contributed by atoms with Gasteiger partial charge in [0.25, 0.3) is 0 Å². The summed E-state index contributed by atoms with van der Waals surface area (Å²) in [5.41, 5.74) is 6.23. The van der Waals surface area contributed by atoms with E-state index in [2.05, 4.69) is 15.6 Å². The van der Waals surface area contributed by atoms with E-state index in [4.69, 9.17) is 10.5 Å². The maximum atomic E-state index is 11.9. The van der Waals surface area contributed by atoms with Crippen LogP contribution in [0.5, 0.6) is 0 Å². The molecule has 0 bridgehead atoms. The van der Waals surface area contributed by atoms with Crippen molar-refractivity contribution in [3.63, 3.8) is 0 Å². The minimum Gasteiger partial charge on any atom is -0.444 e. The molecule has 1 rings (SSSR count). The Hall–Kier alpha value is -2.24. The summed E-state index contributed by atoms with van der Waals surface area (Å²) in [7, 11) is 0. The largest absolute Gasteiger partial charge is 0.444 e. The van der Waals surface area contributed by atoms with E-state index in [1.54, 1.807) is 0 Å². The van der Waals surface area contributed by atoms with Crippen molar-refractivity contribution in [1.82, 2.24) is 5.32 Å². The van der Waals surface area contributed by atoms with Gasteiger partial charge in [0.2, 0.25) is 0 Å². The Kier molecular flexibility index (Phi) is 6.88. The SMILES string of the molecule is CC(C)C(CN=C(N)Nc1ccccc1)NC(=O)OC(C)(C)C. The number of carbonyl (C=O) groups excluding carboxylic acids is 1. The summed E-state index contributed by atoms with van der Waals surface area (Å²) in [6, 6.07) is 9.41. The molecular weight excluding hydrogens is 292 g/mol. The van der Waals surface area contributed by atoms with Gasteiger partial charge in [0.05, 0.1) is 12.6 Å². The Balaban J connectivity index is 2.58. The molecule has 6 nitrogen and oxygen atoms in total. The van der Waals surface area contributed by atoms with Crippen molar-refractivity contribution in [1.29, 1.82) is 0 Å². The van der Waals surface area contributed by atoms with Gasteiger partial charge in [0.15, 0.2) is 5.96 Å². The first kappa shape index (κ1) is 18.8. The number of carbonyl (C=O) groups is 1. The van der Waals surface area contributed by atoms with E-state index >= 15 is 0 Å². The van der Waals surface area contributed by atoms with Crippen LogP contribution in [0.2, 0.25) is 0 Å². The number of alkyl carbamates (subject to hydrolysis) is 1. The average Bonchev–Trinajstić information content (AvgIpc) is 2.42. The molecule has 1 aromatic rings. The lowest BCUT2D eigenvalue weighted by Gasteiger charge is -2.25. The number of rotatable bonds is 5. The molecule has 0 aliphatic carbocycles. The molecule has 1 unspecified atom stereocenters. The summed E-state index contributed by atoms with van der Waals surface area (Å²) >= 11 is 0. The number of amides is 1. The van der Waals surface area contributed by atoms with Crippen LogP contribution in [-0.2, 0) is 4.74 Å². The number of nitrogens with one attached hydrogen (secondary N) is 2. The summed E-state index contributed by atoms with van der Waals surface area (Å²) in [5.74, 6) is 0.517. The molecule has 6 heteroatoms. The summed E-state index contributed by atoms with van der Waals surface area (Å²) in [6.45, 7) is 9.89. The number of ether oxygens (including phenoxy) is 1. The standard InChI is InChI=1S/C17H28N4O2/c1-12(2)14(21-16(22)23-17(3,4)5)11-19-15(18)20-13-9-7-6-8-10-13/h6-10,12,14H,11H2,1-5H3,(H,21,22)(H3,18,19,20). The van der Waals surface area contributed by atoms with Gasteiger partial charge in [0, 0.05) is 5.69 Å². The monoisotopic (exact) mass is 320 g/mol. The van der Waals surface area contributed by atoms with Crippen molar-refractivity contribution in [2.75, 3.05) is 11.9 Å². The van der Waals surface area contributed by atoms with Crippen LogP contribution < -0.4 is 16.4 Å². The number of guanidine groups is 1. The first-order chi connectivity index (χ1) is 10.7. The molecule has 1 atom stereocenters. The van der Waals surface area contributed by atoms with Crippen molar-refractivity contribution >= 4 is 17.7 Å². The lowest BCUT2D eigenvalue weighted by atomic mass is 10.1. The van der Waals surface area contributed by atoms with Gasteiger partial charge in [-0.15, -0.1) is 0 Å². The highest BCUT2D eigenvalue weighted by Gasteiger charge is 2.21. The molecular formula is C17H28N4O2. The first-order valence-electron chi connectivity index (χ1n) is 7.79. The molecule has 0 spiro atoms. The molecule has 0 aliphatic heterocycles. The summed E-state index contributed by atoms with van der Waals surface area (Å²) < 4.78 is 5.28. The molecule has 0 saturated carbocycles. The second-order valence-corrected chi connectivity index (χ2v) is 6.71. The van der Waals surface area contributed by atoms with Crippen molar-refractivity contribution in [3.05, 3.63) is 30.3 Å². The zero-order valence-corrected chi connectivity index (χ0v) is 14.6. The maximum Gasteiger partial charge on any atom is 0.407 e. The molecule has 0 fully saturated rings. The van der Waals surface area contributed by atoms with Crippen molar-refractivity contribution in [2.24, 2.45) is 16.6 Å². The summed E-state index contributed by atoms with van der Waals surface area (Å²) in [6.07, 6.45) is -0.444. The Morgan fingerprint density at radius 3 is 2.39 bits per heavy atom. The smallest absolute Gasteiger partial charge is 0.407 e. The number of hydrogen-bond acceptors (Lipinski definition) is 3. The number of anilines is 1. The molecule has 0 heterocycles. The number of aliphatic imine (C=N–C) groups is 1. The molecule has 0 radical (unpaired) electrons. The van der Waals surface area contributed by atoms with E-state index in [0.29, 0.717) is 12.5 Å². The van der Waals surface area contributed by atoms with E-state index in [0.717, 1.165) is 5.69 Å². The van der Waals surface area contributed by atoms with Crippen molar-refractivity contribution in [3.8, 4) is 0 Å². The molecule has 0 saturated heterocycles. The fraction of sp³-hybridized carbons (Fsp3) is 0.529. The predicted octanol–water partition coefficient (Wildman–Crippen LogP) is 2.96. The van der Waals surface area contributed by atoms with E-state index in [9.17, 15) is 4.79 Å². The fourth-order valence-corrected chi connectivity index (χ4v) is 1.79. The van der Waals surface area contributed by atoms with Gasteiger partial charge in [-0.2, -0.15) is 0 Å². The summed E-state index contributed by atoms with van der Waals surface area (Å²) in [4.78, 5) is 16.2. The van der Waals surface area contributed by atoms with Crippen LogP contribution in [0.25, 0.3) is 0 Å². The molecule has 0 aromatic heterocycles. The lowest BCUT2D eigenvalue weighted by molar-refractivity contribution is 0.0493. The molecule has 4 N–H and O–H groups in total. The van der Waals surface area contributed by atoms with E-state index < -0.39 is 11.7 Å². The Morgan fingerprint density at radius 2 is 1.87 bits per heavy atom. The molecule has 0 aliphatic rings. The van der Waals surface area contributed by atoms with Crippen LogP contribution in [0, 0.1) is 5.92 Å². The van der Waals surface area contributed by atoms with Crippen LogP contribution in [0.3, 0.4) is 0 Å². The number of nitrogens with two attached hydrogens (primary N) is 1. The zero-order chi connectivity index (χ0) is 17.5. The Morgan fingerprint density at radius 1 is 1.26 bits per heavy atom. The third-order valence-electron chi connectivity index (χ3n) is 3.01. The highest BCUT2D eigenvalue weighted by molar-refractivity contribution is 5.92.